The van der Waals surface area contributed by atoms with E-state index in [0.717, 1.165) is 30.2 Å². The van der Waals surface area contributed by atoms with Gasteiger partial charge in [-0.05, 0) is 52.8 Å². The van der Waals surface area contributed by atoms with Gasteiger partial charge in [-0.2, -0.15) is 0 Å². The third kappa shape index (κ3) is 4.35. The van der Waals surface area contributed by atoms with Gasteiger partial charge >= 0.3 is 0 Å². The number of rotatable bonds is 4. The fourth-order valence-electron chi connectivity index (χ4n) is 1.67. The van der Waals surface area contributed by atoms with Crippen LogP contribution in [-0.4, -0.2) is 17.1 Å². The quantitative estimate of drug-likeness (QED) is 0.872. The van der Waals surface area contributed by atoms with Crippen LogP contribution in [0.3, 0.4) is 0 Å². The van der Waals surface area contributed by atoms with Crippen molar-refractivity contribution in [1.29, 1.82) is 0 Å². The predicted molar refractivity (Wildman–Crippen MR) is 71.5 cm³/mol. The highest BCUT2D eigenvalue weighted by Crippen LogP contribution is 2.24. The predicted octanol–water partition coefficient (Wildman–Crippen LogP) is 2.99. The molecule has 1 aromatic heterocycles. The molecule has 0 saturated heterocycles. The molecule has 0 saturated carbocycles. The van der Waals surface area contributed by atoms with Gasteiger partial charge in [-0.25, -0.2) is 4.98 Å². The maximum absolute atomic E-state index is 5.94. The van der Waals surface area contributed by atoms with Crippen molar-refractivity contribution in [1.82, 2.24) is 10.3 Å². The van der Waals surface area contributed by atoms with Gasteiger partial charge in [-0.15, -0.1) is 0 Å². The lowest BCUT2D eigenvalue weighted by atomic mass is 10.1. The van der Waals surface area contributed by atoms with Crippen LogP contribution in [-0.2, 0) is 6.54 Å². The topological polar surface area (TPSA) is 34.2 Å². The molecule has 3 nitrogen and oxygen atoms in total. The normalized spacial score (nSPS) is 11.6. The average molecular weight is 236 g/mol. The van der Waals surface area contributed by atoms with Crippen LogP contribution in [0.15, 0.2) is 6.07 Å². The van der Waals surface area contributed by atoms with Gasteiger partial charge in [-0.1, -0.05) is 6.92 Å². The molecule has 0 radical (unpaired) electrons. The summed E-state index contributed by atoms with van der Waals surface area (Å²) in [5.74, 6) is 0.760. The molecule has 17 heavy (non-hydrogen) atoms. The van der Waals surface area contributed by atoms with Crippen LogP contribution in [0.1, 0.15) is 44.5 Å². The lowest BCUT2D eigenvalue weighted by Gasteiger charge is -2.23. The number of nitrogens with zero attached hydrogens (tertiary/aromatic N) is 1. The largest absolute Gasteiger partial charge is 0.472 e. The van der Waals surface area contributed by atoms with Gasteiger partial charge in [-0.3, -0.25) is 0 Å². The van der Waals surface area contributed by atoms with Gasteiger partial charge in [0.1, 0.15) is 5.60 Å². The molecule has 1 heterocycles. The summed E-state index contributed by atoms with van der Waals surface area (Å²) in [6.07, 6.45) is 0. The van der Waals surface area contributed by atoms with Crippen molar-refractivity contribution in [3.63, 3.8) is 0 Å². The molecular weight excluding hydrogens is 212 g/mol. The molecule has 1 aromatic rings. The molecule has 0 aromatic carbocycles. The lowest BCUT2D eigenvalue weighted by molar-refractivity contribution is 0.122. The third-order valence-corrected chi connectivity index (χ3v) is 2.39. The summed E-state index contributed by atoms with van der Waals surface area (Å²) < 4.78 is 5.94. The second-order valence-corrected chi connectivity index (χ2v) is 5.36. The summed E-state index contributed by atoms with van der Waals surface area (Å²) in [5.41, 5.74) is 3.18. The zero-order valence-corrected chi connectivity index (χ0v) is 11.8. The first-order valence-electron chi connectivity index (χ1n) is 6.20. The molecule has 1 rings (SSSR count). The van der Waals surface area contributed by atoms with Crippen molar-refractivity contribution < 1.29 is 4.74 Å². The number of aryl methyl sites for hydroxylation is 2. The van der Waals surface area contributed by atoms with E-state index in [1.807, 2.05) is 27.7 Å². The Hall–Kier alpha value is -1.09. The number of hydrogen-bond donors (Lipinski definition) is 1. The van der Waals surface area contributed by atoms with Gasteiger partial charge in [0, 0.05) is 17.8 Å². The summed E-state index contributed by atoms with van der Waals surface area (Å²) in [6, 6.07) is 2.10. The fraction of sp³-hybridized carbons (Fsp3) is 0.643. The van der Waals surface area contributed by atoms with E-state index in [-0.39, 0.29) is 5.60 Å². The number of nitrogens with one attached hydrogen (secondary N) is 1. The van der Waals surface area contributed by atoms with Crippen LogP contribution in [0, 0.1) is 13.8 Å². The van der Waals surface area contributed by atoms with Gasteiger partial charge in [0.15, 0.2) is 0 Å². The molecular formula is C14H24N2O. The summed E-state index contributed by atoms with van der Waals surface area (Å²) in [5, 5.41) is 3.33. The third-order valence-electron chi connectivity index (χ3n) is 2.39. The summed E-state index contributed by atoms with van der Waals surface area (Å²) in [6.45, 7) is 14.1. The van der Waals surface area contributed by atoms with E-state index < -0.39 is 0 Å². The molecule has 0 fully saturated rings. The minimum absolute atomic E-state index is 0.214. The summed E-state index contributed by atoms with van der Waals surface area (Å²) in [4.78, 5) is 4.51. The number of hydrogen-bond acceptors (Lipinski definition) is 3. The number of ether oxygens (including phenoxy) is 1. The van der Waals surface area contributed by atoms with E-state index in [1.54, 1.807) is 0 Å². The maximum Gasteiger partial charge on any atom is 0.218 e. The zero-order chi connectivity index (χ0) is 13.1. The molecule has 0 aliphatic rings. The second-order valence-electron chi connectivity index (χ2n) is 5.36. The van der Waals surface area contributed by atoms with Crippen molar-refractivity contribution >= 4 is 0 Å². The van der Waals surface area contributed by atoms with Crippen molar-refractivity contribution in [2.75, 3.05) is 6.54 Å². The fourth-order valence-corrected chi connectivity index (χ4v) is 1.67. The van der Waals surface area contributed by atoms with E-state index >= 15 is 0 Å². The Bertz CT molecular complexity index is 381. The number of aromatic nitrogens is 1. The molecule has 1 N–H and O–H groups in total. The average Bonchev–Trinajstić information content (AvgIpc) is 2.13. The molecule has 0 amide bonds. The van der Waals surface area contributed by atoms with Crippen molar-refractivity contribution in [3.8, 4) is 5.88 Å². The van der Waals surface area contributed by atoms with Crippen molar-refractivity contribution in [2.45, 2.75) is 53.7 Å². The van der Waals surface area contributed by atoms with E-state index in [2.05, 4.69) is 30.2 Å². The Kier molecular flexibility index (Phi) is 4.52. The van der Waals surface area contributed by atoms with E-state index in [9.17, 15) is 0 Å². The first-order chi connectivity index (χ1) is 7.83. The highest BCUT2D eigenvalue weighted by Gasteiger charge is 2.17. The smallest absolute Gasteiger partial charge is 0.218 e. The molecule has 3 heteroatoms. The van der Waals surface area contributed by atoms with Crippen LogP contribution >= 0.6 is 0 Å². The Labute approximate surface area is 105 Å². The number of pyridine rings is 1. The first-order valence-corrected chi connectivity index (χ1v) is 6.20. The molecule has 0 atom stereocenters. The molecule has 0 aliphatic carbocycles. The SMILES string of the molecule is CCNCc1c(C)cc(C)nc1OC(C)(C)C. The minimum Gasteiger partial charge on any atom is -0.472 e. The Morgan fingerprint density at radius 1 is 1.29 bits per heavy atom. The van der Waals surface area contributed by atoms with Crippen LogP contribution in [0.25, 0.3) is 0 Å². The molecule has 0 spiro atoms. The highest BCUT2D eigenvalue weighted by molar-refractivity contribution is 5.36. The molecule has 0 bridgehead atoms. The monoisotopic (exact) mass is 236 g/mol. The maximum atomic E-state index is 5.94. The Balaban J connectivity index is 3.06. The summed E-state index contributed by atoms with van der Waals surface area (Å²) >= 11 is 0. The molecule has 0 aliphatic heterocycles. The van der Waals surface area contributed by atoms with Gasteiger partial charge in [0.05, 0.1) is 0 Å². The summed E-state index contributed by atoms with van der Waals surface area (Å²) in [7, 11) is 0. The second kappa shape index (κ2) is 5.50. The Morgan fingerprint density at radius 3 is 2.47 bits per heavy atom. The molecule has 96 valence electrons. The van der Waals surface area contributed by atoms with Crippen LogP contribution in [0.5, 0.6) is 5.88 Å². The van der Waals surface area contributed by atoms with Gasteiger partial charge in [0.2, 0.25) is 5.88 Å². The zero-order valence-electron chi connectivity index (χ0n) is 11.8. The van der Waals surface area contributed by atoms with E-state index in [4.69, 9.17) is 4.74 Å². The first kappa shape index (κ1) is 14.0. The standard InChI is InChI=1S/C14H24N2O/c1-7-15-9-12-10(2)8-11(3)16-13(12)17-14(4,5)6/h8,15H,7,9H2,1-6H3. The molecule has 0 unspecified atom stereocenters. The van der Waals surface area contributed by atoms with Gasteiger partial charge in [0.25, 0.3) is 0 Å². The van der Waals surface area contributed by atoms with Gasteiger partial charge < -0.3 is 10.1 Å². The van der Waals surface area contributed by atoms with Crippen LogP contribution in [0.4, 0.5) is 0 Å². The van der Waals surface area contributed by atoms with E-state index in [0.29, 0.717) is 0 Å². The Morgan fingerprint density at radius 2 is 1.94 bits per heavy atom. The minimum atomic E-state index is -0.214. The highest BCUT2D eigenvalue weighted by atomic mass is 16.5. The van der Waals surface area contributed by atoms with Crippen LogP contribution in [0.2, 0.25) is 0 Å². The van der Waals surface area contributed by atoms with Crippen LogP contribution < -0.4 is 10.1 Å². The van der Waals surface area contributed by atoms with Crippen molar-refractivity contribution in [2.24, 2.45) is 0 Å². The van der Waals surface area contributed by atoms with Crippen molar-refractivity contribution in [3.05, 3.63) is 22.9 Å². The lowest BCUT2D eigenvalue weighted by Crippen LogP contribution is -2.25. The van der Waals surface area contributed by atoms with E-state index in [1.165, 1.54) is 5.56 Å².